The zero-order valence-electron chi connectivity index (χ0n) is 12.2. The molecule has 0 bridgehead atoms. The summed E-state index contributed by atoms with van der Waals surface area (Å²) in [5.74, 6) is 1.02. The first-order valence-electron chi connectivity index (χ1n) is 7.43. The lowest BCUT2D eigenvalue weighted by Crippen LogP contribution is -2.30. The van der Waals surface area contributed by atoms with Crippen molar-refractivity contribution in [1.82, 2.24) is 4.90 Å². The molecule has 4 nitrogen and oxygen atoms in total. The maximum absolute atomic E-state index is 11.6. The predicted octanol–water partition coefficient (Wildman–Crippen LogP) is 2.30. The number of ether oxygens (including phenoxy) is 1. The van der Waals surface area contributed by atoms with Gasteiger partial charge in [0.2, 0.25) is 0 Å². The third-order valence-corrected chi connectivity index (χ3v) is 5.22. The summed E-state index contributed by atoms with van der Waals surface area (Å²) in [5.41, 5.74) is 7.70. The smallest absolute Gasteiger partial charge is 0.337 e. The molecule has 0 radical (unpaired) electrons. The minimum atomic E-state index is -0.326. The Hall–Kier alpha value is -1.10. The molecule has 1 heterocycles. The Morgan fingerprint density at radius 3 is 2.95 bits per heavy atom. The number of fused-ring (bicyclic) bond motifs is 1. The van der Waals surface area contributed by atoms with Crippen LogP contribution in [-0.2, 0) is 11.3 Å². The molecule has 1 aliphatic carbocycles. The van der Waals surface area contributed by atoms with Crippen molar-refractivity contribution in [3.8, 4) is 0 Å². The second-order valence-corrected chi connectivity index (χ2v) is 6.56. The highest BCUT2D eigenvalue weighted by Crippen LogP contribution is 2.38. The Kier molecular flexibility index (Phi) is 4.20. The highest BCUT2D eigenvalue weighted by atomic mass is 35.5. The average molecular weight is 309 g/mol. The summed E-state index contributed by atoms with van der Waals surface area (Å²) in [7, 11) is 1.39. The Bertz CT molecular complexity index is 549. The summed E-state index contributed by atoms with van der Waals surface area (Å²) < 4.78 is 4.76. The van der Waals surface area contributed by atoms with Crippen LogP contribution in [0.15, 0.2) is 18.2 Å². The summed E-state index contributed by atoms with van der Waals surface area (Å²) in [6.45, 7) is 2.88. The molecule has 3 unspecified atom stereocenters. The number of benzene rings is 1. The highest BCUT2D eigenvalue weighted by molar-refractivity contribution is 6.31. The molecule has 1 aromatic rings. The topological polar surface area (TPSA) is 55.6 Å². The molecule has 21 heavy (non-hydrogen) atoms. The van der Waals surface area contributed by atoms with E-state index in [-0.39, 0.29) is 5.97 Å². The quantitative estimate of drug-likeness (QED) is 0.871. The summed E-state index contributed by atoms with van der Waals surface area (Å²) in [4.78, 5) is 14.0. The molecule has 2 N–H and O–H groups in total. The van der Waals surface area contributed by atoms with Crippen LogP contribution in [0.2, 0.25) is 5.02 Å². The molecule has 3 atom stereocenters. The molecule has 0 aromatic heterocycles. The van der Waals surface area contributed by atoms with Crippen LogP contribution in [0.25, 0.3) is 0 Å². The Balaban J connectivity index is 1.72. The first kappa shape index (κ1) is 14.8. The average Bonchev–Trinajstić information content (AvgIpc) is 3.02. The van der Waals surface area contributed by atoms with E-state index in [1.807, 2.05) is 6.07 Å². The molecule has 1 saturated heterocycles. The van der Waals surface area contributed by atoms with Crippen molar-refractivity contribution < 1.29 is 9.53 Å². The van der Waals surface area contributed by atoms with Gasteiger partial charge in [-0.2, -0.15) is 0 Å². The Morgan fingerprint density at radius 1 is 1.43 bits per heavy atom. The molecule has 114 valence electrons. The zero-order chi connectivity index (χ0) is 15.0. The Labute approximate surface area is 130 Å². The van der Waals surface area contributed by atoms with Gasteiger partial charge in [-0.3, -0.25) is 4.90 Å². The monoisotopic (exact) mass is 308 g/mol. The first-order chi connectivity index (χ1) is 10.1. The first-order valence-corrected chi connectivity index (χ1v) is 7.81. The number of nitrogens with zero attached hydrogens (tertiary/aromatic N) is 1. The zero-order valence-corrected chi connectivity index (χ0v) is 13.0. The van der Waals surface area contributed by atoms with Crippen LogP contribution >= 0.6 is 11.6 Å². The number of likely N-dealkylation sites (tertiary alicyclic amines) is 1. The standard InChI is InChI=1S/C16H21ClN2O2/c1-21-16(20)10-2-4-14(17)12(6-10)8-19-7-11-3-5-15(18)13(11)9-19/h2,4,6,11,13,15H,3,5,7-9,18H2,1H3. The van der Waals surface area contributed by atoms with Gasteiger partial charge in [-0.15, -0.1) is 0 Å². The number of carbonyl (C=O) groups excluding carboxylic acids is 1. The number of methoxy groups -OCH3 is 1. The third kappa shape index (κ3) is 2.93. The molecular weight excluding hydrogens is 288 g/mol. The van der Waals surface area contributed by atoms with Crippen LogP contribution in [0, 0.1) is 11.8 Å². The number of hydrogen-bond acceptors (Lipinski definition) is 4. The largest absolute Gasteiger partial charge is 0.465 e. The van der Waals surface area contributed by atoms with E-state index in [9.17, 15) is 4.79 Å². The predicted molar refractivity (Wildman–Crippen MR) is 82.3 cm³/mol. The van der Waals surface area contributed by atoms with Gasteiger partial charge in [-0.25, -0.2) is 4.79 Å². The van der Waals surface area contributed by atoms with Gasteiger partial charge in [0.15, 0.2) is 0 Å². The van der Waals surface area contributed by atoms with Gasteiger partial charge in [0.05, 0.1) is 12.7 Å². The number of hydrogen-bond donors (Lipinski definition) is 1. The van der Waals surface area contributed by atoms with Gasteiger partial charge in [0, 0.05) is 30.7 Å². The van der Waals surface area contributed by atoms with Gasteiger partial charge >= 0.3 is 5.97 Å². The summed E-state index contributed by atoms with van der Waals surface area (Å²) >= 11 is 6.27. The van der Waals surface area contributed by atoms with Crippen LogP contribution in [0.4, 0.5) is 0 Å². The normalized spacial score (nSPS) is 28.6. The fourth-order valence-corrected chi connectivity index (χ4v) is 3.89. The van der Waals surface area contributed by atoms with Crippen LogP contribution in [0.1, 0.15) is 28.8 Å². The van der Waals surface area contributed by atoms with Gasteiger partial charge < -0.3 is 10.5 Å². The molecule has 3 rings (SSSR count). The second kappa shape index (κ2) is 5.95. The highest BCUT2D eigenvalue weighted by Gasteiger charge is 2.40. The van der Waals surface area contributed by atoms with E-state index >= 15 is 0 Å². The lowest BCUT2D eigenvalue weighted by atomic mass is 9.98. The summed E-state index contributed by atoms with van der Waals surface area (Å²) in [6, 6.07) is 5.65. The second-order valence-electron chi connectivity index (χ2n) is 6.16. The molecule has 0 amide bonds. The maximum atomic E-state index is 11.6. The molecular formula is C16H21ClN2O2. The number of esters is 1. The van der Waals surface area contributed by atoms with Crippen LogP contribution < -0.4 is 5.73 Å². The fourth-order valence-electron chi connectivity index (χ4n) is 3.71. The number of carbonyl (C=O) groups is 1. The number of halogens is 1. The van der Waals surface area contributed by atoms with Gasteiger partial charge in [0.1, 0.15) is 0 Å². The van der Waals surface area contributed by atoms with Crippen molar-refractivity contribution in [2.24, 2.45) is 17.6 Å². The van der Waals surface area contributed by atoms with Gasteiger partial charge in [-0.1, -0.05) is 11.6 Å². The van der Waals surface area contributed by atoms with Crippen molar-refractivity contribution >= 4 is 17.6 Å². The number of nitrogens with two attached hydrogens (primary N) is 1. The van der Waals surface area contributed by atoms with Gasteiger partial charge in [0.25, 0.3) is 0 Å². The van der Waals surface area contributed by atoms with E-state index in [0.29, 0.717) is 22.5 Å². The third-order valence-electron chi connectivity index (χ3n) is 4.85. The van der Waals surface area contributed by atoms with E-state index in [1.54, 1.807) is 12.1 Å². The van der Waals surface area contributed by atoms with E-state index in [4.69, 9.17) is 22.1 Å². The maximum Gasteiger partial charge on any atom is 0.337 e. The van der Waals surface area contributed by atoms with Crippen molar-refractivity contribution in [2.75, 3.05) is 20.2 Å². The lowest BCUT2D eigenvalue weighted by Gasteiger charge is -2.19. The van der Waals surface area contributed by atoms with E-state index in [1.165, 1.54) is 13.5 Å². The molecule has 2 aliphatic rings. The molecule has 5 heteroatoms. The van der Waals surface area contributed by atoms with Crippen molar-refractivity contribution in [1.29, 1.82) is 0 Å². The summed E-state index contributed by atoms with van der Waals surface area (Å²) in [6.07, 6.45) is 2.39. The Morgan fingerprint density at radius 2 is 2.24 bits per heavy atom. The number of rotatable bonds is 3. The molecule has 2 fully saturated rings. The van der Waals surface area contributed by atoms with E-state index in [0.717, 1.165) is 37.5 Å². The lowest BCUT2D eigenvalue weighted by molar-refractivity contribution is 0.0600. The van der Waals surface area contributed by atoms with Crippen LogP contribution in [0.3, 0.4) is 0 Å². The molecule has 1 saturated carbocycles. The molecule has 0 spiro atoms. The molecule has 1 aliphatic heterocycles. The molecule has 1 aromatic carbocycles. The summed E-state index contributed by atoms with van der Waals surface area (Å²) in [5, 5.41) is 0.698. The van der Waals surface area contributed by atoms with E-state index < -0.39 is 0 Å². The van der Waals surface area contributed by atoms with Crippen molar-refractivity contribution in [3.05, 3.63) is 34.3 Å². The van der Waals surface area contributed by atoms with E-state index in [2.05, 4.69) is 4.90 Å². The van der Waals surface area contributed by atoms with Crippen LogP contribution in [-0.4, -0.2) is 37.1 Å². The SMILES string of the molecule is COC(=O)c1ccc(Cl)c(CN2CC3CCC(N)C3C2)c1. The minimum absolute atomic E-state index is 0.326. The van der Waals surface area contributed by atoms with Crippen LogP contribution in [0.5, 0.6) is 0 Å². The van der Waals surface area contributed by atoms with Crippen molar-refractivity contribution in [2.45, 2.75) is 25.4 Å². The minimum Gasteiger partial charge on any atom is -0.465 e. The van der Waals surface area contributed by atoms with Crippen molar-refractivity contribution in [3.63, 3.8) is 0 Å². The fraction of sp³-hybridized carbons (Fsp3) is 0.562. The van der Waals surface area contributed by atoms with Gasteiger partial charge in [-0.05, 0) is 48.4 Å².